The van der Waals surface area contributed by atoms with Gasteiger partial charge in [-0.15, -0.1) is 22.7 Å². The second-order valence-corrected chi connectivity index (χ2v) is 8.03. The van der Waals surface area contributed by atoms with E-state index in [0.717, 1.165) is 0 Å². The van der Waals surface area contributed by atoms with Crippen LogP contribution in [0.2, 0.25) is 0 Å². The molecule has 4 aromatic rings. The first-order valence-corrected chi connectivity index (χ1v) is 9.71. The molecule has 0 saturated carbocycles. The van der Waals surface area contributed by atoms with Crippen LogP contribution in [0.5, 0.6) is 0 Å². The van der Waals surface area contributed by atoms with E-state index in [-0.39, 0.29) is 0 Å². The molecule has 22 heavy (non-hydrogen) atoms. The van der Waals surface area contributed by atoms with Crippen LogP contribution in [0.4, 0.5) is 0 Å². The first-order chi connectivity index (χ1) is 10.9. The molecule has 0 atom stereocenters. The third kappa shape index (κ3) is 2.78. The van der Waals surface area contributed by atoms with E-state index < -0.39 is 0 Å². The molecule has 4 rings (SSSR count). The van der Waals surface area contributed by atoms with Gasteiger partial charge in [0, 0.05) is 20.3 Å². The maximum Gasteiger partial charge on any atom is 0.0389 e. The summed E-state index contributed by atoms with van der Waals surface area (Å²) in [6.07, 6.45) is 0. The molecule has 0 amide bonds. The Morgan fingerprint density at radius 1 is 0.591 bits per heavy atom. The van der Waals surface area contributed by atoms with Gasteiger partial charge in [0.05, 0.1) is 0 Å². The van der Waals surface area contributed by atoms with Crippen molar-refractivity contribution < 1.29 is 0 Å². The summed E-state index contributed by atoms with van der Waals surface area (Å²) in [6, 6.07) is 24.0. The number of hydrogen-bond acceptors (Lipinski definition) is 2. The minimum atomic E-state index is 1.28. The molecule has 0 N–H and O–H groups in total. The monoisotopic (exact) mass is 336 g/mol. The van der Waals surface area contributed by atoms with Crippen molar-refractivity contribution in [3.05, 3.63) is 77.5 Å². The molecular weight excluding hydrogens is 323 g/mol. The summed E-state index contributed by atoms with van der Waals surface area (Å²) in [5.74, 6) is 0. The molecule has 0 aliphatic rings. The molecule has 0 nitrogen and oxygen atoms in total. The first-order valence-electron chi connectivity index (χ1n) is 7.05. The highest BCUT2D eigenvalue weighted by atomic mass is 32.1. The Kier molecular flexibility index (Phi) is 3.90. The quantitative estimate of drug-likeness (QED) is 0.366. The summed E-state index contributed by atoms with van der Waals surface area (Å²) in [4.78, 5) is 2.72. The Hall–Kier alpha value is -1.73. The maximum absolute atomic E-state index is 2.33. The van der Waals surface area contributed by atoms with Gasteiger partial charge in [0.2, 0.25) is 0 Å². The molecule has 0 saturated heterocycles. The van der Waals surface area contributed by atoms with Crippen molar-refractivity contribution in [2.45, 2.75) is 0 Å². The van der Waals surface area contributed by atoms with E-state index in [0.29, 0.717) is 0 Å². The SMILES string of the molecule is c1ccc(-c2cc(-c3cccs3)pc(-c3cccs3)c2)cc1. The Morgan fingerprint density at radius 3 is 1.68 bits per heavy atom. The third-order valence-electron chi connectivity index (χ3n) is 3.48. The van der Waals surface area contributed by atoms with E-state index >= 15 is 0 Å². The van der Waals surface area contributed by atoms with Crippen LogP contribution in [0, 0.1) is 0 Å². The van der Waals surface area contributed by atoms with Gasteiger partial charge in [0.25, 0.3) is 0 Å². The van der Waals surface area contributed by atoms with Crippen molar-refractivity contribution in [2.24, 2.45) is 0 Å². The fourth-order valence-corrected chi connectivity index (χ4v) is 5.34. The van der Waals surface area contributed by atoms with Crippen molar-refractivity contribution in [3.63, 3.8) is 0 Å². The molecule has 3 aromatic heterocycles. The van der Waals surface area contributed by atoms with Crippen molar-refractivity contribution in [3.8, 4) is 31.5 Å². The topological polar surface area (TPSA) is 0 Å². The smallest absolute Gasteiger partial charge is 0.0389 e. The van der Waals surface area contributed by atoms with Crippen molar-refractivity contribution >= 4 is 30.9 Å². The van der Waals surface area contributed by atoms with E-state index in [1.807, 2.05) is 22.7 Å². The molecule has 0 unspecified atom stereocenters. The van der Waals surface area contributed by atoms with Gasteiger partial charge in [0.1, 0.15) is 0 Å². The lowest BCUT2D eigenvalue weighted by atomic mass is 10.1. The second-order valence-electron chi connectivity index (χ2n) is 4.95. The predicted molar refractivity (Wildman–Crippen MR) is 101 cm³/mol. The predicted octanol–water partition coefficient (Wildman–Crippen LogP) is 7.39. The lowest BCUT2D eigenvalue weighted by Crippen LogP contribution is -1.79. The third-order valence-corrected chi connectivity index (χ3v) is 6.81. The second kappa shape index (κ2) is 6.18. The molecule has 0 radical (unpaired) electrons. The molecule has 3 heteroatoms. The zero-order valence-electron chi connectivity index (χ0n) is 11.8. The van der Waals surface area contributed by atoms with Crippen LogP contribution in [0.3, 0.4) is 0 Å². The van der Waals surface area contributed by atoms with E-state index in [9.17, 15) is 0 Å². The van der Waals surface area contributed by atoms with Gasteiger partial charge in [0.15, 0.2) is 0 Å². The summed E-state index contributed by atoms with van der Waals surface area (Å²) in [5, 5.41) is 7.08. The Labute approximate surface area is 139 Å². The average Bonchev–Trinajstić information content (AvgIpc) is 3.29. The fraction of sp³-hybridized carbons (Fsp3) is 0. The standard InChI is InChI=1S/C19H13PS2/c1-2-6-14(7-3-1)15-12-16(18-8-4-10-21-18)20-17(13-15)19-9-5-11-22-19/h1-13H. The fourth-order valence-electron chi connectivity index (χ4n) is 2.43. The van der Waals surface area contributed by atoms with Gasteiger partial charge in [-0.25, -0.2) is 0 Å². The minimum absolute atomic E-state index is 1.28. The normalized spacial score (nSPS) is 10.7. The van der Waals surface area contributed by atoms with Crippen LogP contribution < -0.4 is 0 Å². The van der Waals surface area contributed by atoms with Crippen LogP contribution in [-0.2, 0) is 0 Å². The van der Waals surface area contributed by atoms with Crippen LogP contribution >= 0.6 is 30.9 Å². The minimum Gasteiger partial charge on any atom is -0.143 e. The van der Waals surface area contributed by atoms with Gasteiger partial charge in [-0.2, -0.15) is 0 Å². The summed E-state index contributed by atoms with van der Waals surface area (Å²) >= 11 is 3.63. The molecule has 0 aliphatic carbocycles. The molecule has 106 valence electrons. The summed E-state index contributed by atoms with van der Waals surface area (Å²) in [7, 11) is 1.30. The van der Waals surface area contributed by atoms with Gasteiger partial charge < -0.3 is 0 Å². The number of hydrogen-bond donors (Lipinski definition) is 0. The molecule has 0 bridgehead atoms. The maximum atomic E-state index is 2.33. The Balaban J connectivity index is 1.91. The van der Waals surface area contributed by atoms with Gasteiger partial charge in [-0.05, 0) is 46.2 Å². The van der Waals surface area contributed by atoms with E-state index in [1.54, 1.807) is 0 Å². The van der Waals surface area contributed by atoms with E-state index in [2.05, 4.69) is 77.5 Å². The summed E-state index contributed by atoms with van der Waals surface area (Å²) in [5.41, 5.74) is 2.58. The molecule has 0 fully saturated rings. The lowest BCUT2D eigenvalue weighted by molar-refractivity contribution is 1.65. The average molecular weight is 336 g/mol. The van der Waals surface area contributed by atoms with Gasteiger partial charge >= 0.3 is 0 Å². The van der Waals surface area contributed by atoms with Crippen LogP contribution in [-0.4, -0.2) is 0 Å². The Bertz CT molecular complexity index is 811. The molecule has 0 aliphatic heterocycles. The van der Waals surface area contributed by atoms with Gasteiger partial charge in [-0.1, -0.05) is 50.7 Å². The van der Waals surface area contributed by atoms with E-state index in [1.165, 1.54) is 39.7 Å². The highest BCUT2D eigenvalue weighted by Gasteiger charge is 2.08. The van der Waals surface area contributed by atoms with Crippen LogP contribution in [0.25, 0.3) is 31.5 Å². The lowest BCUT2D eigenvalue weighted by Gasteiger charge is -2.08. The summed E-state index contributed by atoms with van der Waals surface area (Å²) in [6.45, 7) is 0. The summed E-state index contributed by atoms with van der Waals surface area (Å²) < 4.78 is 0. The molecule has 1 aromatic carbocycles. The number of thiophene rings is 2. The largest absolute Gasteiger partial charge is 0.143 e. The van der Waals surface area contributed by atoms with Crippen molar-refractivity contribution in [1.82, 2.24) is 0 Å². The highest BCUT2D eigenvalue weighted by Crippen LogP contribution is 2.43. The molecule has 0 spiro atoms. The van der Waals surface area contributed by atoms with Gasteiger partial charge in [-0.3, -0.25) is 0 Å². The Morgan fingerprint density at radius 2 is 1.18 bits per heavy atom. The molecular formula is C19H13PS2. The van der Waals surface area contributed by atoms with Crippen molar-refractivity contribution in [2.75, 3.05) is 0 Å². The number of benzene rings is 1. The van der Waals surface area contributed by atoms with Crippen molar-refractivity contribution in [1.29, 1.82) is 0 Å². The van der Waals surface area contributed by atoms with E-state index in [4.69, 9.17) is 0 Å². The zero-order chi connectivity index (χ0) is 14.8. The van der Waals surface area contributed by atoms with Crippen LogP contribution in [0.1, 0.15) is 0 Å². The number of rotatable bonds is 3. The zero-order valence-corrected chi connectivity index (χ0v) is 14.3. The van der Waals surface area contributed by atoms with Crippen LogP contribution in [0.15, 0.2) is 77.5 Å². The molecule has 3 heterocycles. The highest BCUT2D eigenvalue weighted by molar-refractivity contribution is 7.40. The first kappa shape index (κ1) is 13.9.